The van der Waals surface area contributed by atoms with Crippen LogP contribution in [0, 0.1) is 11.3 Å². The number of nitrogens with one attached hydrogen (secondary N) is 2. The van der Waals surface area contributed by atoms with Gasteiger partial charge in [0.25, 0.3) is 5.91 Å². The molecular weight excluding hydrogens is 524 g/mol. The molecule has 194 valence electrons. The molecule has 0 saturated heterocycles. The van der Waals surface area contributed by atoms with E-state index in [4.69, 9.17) is 16.9 Å². The quantitative estimate of drug-likeness (QED) is 0.231. The normalized spacial score (nSPS) is 10.8. The van der Waals surface area contributed by atoms with E-state index < -0.39 is 5.91 Å². The summed E-state index contributed by atoms with van der Waals surface area (Å²) in [6.07, 6.45) is 7.81. The van der Waals surface area contributed by atoms with Crippen LogP contribution in [0.1, 0.15) is 22.8 Å². The summed E-state index contributed by atoms with van der Waals surface area (Å²) >= 11 is 6.70. The highest BCUT2D eigenvalue weighted by atomic mass is 35.5. The Morgan fingerprint density at radius 2 is 1.82 bits per heavy atom. The van der Waals surface area contributed by atoms with Crippen LogP contribution >= 0.6 is 11.6 Å². The molecule has 0 atom stereocenters. The van der Waals surface area contributed by atoms with E-state index in [1.807, 2.05) is 42.5 Å². The molecule has 0 bridgehead atoms. The number of allylic oxidation sites excluding steroid dienone is 1. The molecule has 40 heavy (non-hydrogen) atoms. The Balaban J connectivity index is 1.51. The molecular formula is C31H21ClN6O2. The van der Waals surface area contributed by atoms with Gasteiger partial charge in [0.05, 0.1) is 17.1 Å². The van der Waals surface area contributed by atoms with Crippen LogP contribution in [-0.4, -0.2) is 26.8 Å². The van der Waals surface area contributed by atoms with Crippen molar-refractivity contribution >= 4 is 45.8 Å². The number of carbonyl (C=O) groups is 2. The highest BCUT2D eigenvalue weighted by Crippen LogP contribution is 2.36. The van der Waals surface area contributed by atoms with Gasteiger partial charge in [-0.1, -0.05) is 35.9 Å². The van der Waals surface area contributed by atoms with Crippen molar-refractivity contribution in [3.63, 3.8) is 0 Å². The number of fused-ring (bicyclic) bond motifs is 1. The van der Waals surface area contributed by atoms with Gasteiger partial charge in [-0.25, -0.2) is 15.0 Å². The van der Waals surface area contributed by atoms with Gasteiger partial charge in [0, 0.05) is 45.2 Å². The summed E-state index contributed by atoms with van der Waals surface area (Å²) in [7, 11) is 0. The van der Waals surface area contributed by atoms with E-state index in [9.17, 15) is 9.59 Å². The lowest BCUT2D eigenvalue weighted by Gasteiger charge is -2.13. The number of pyridine rings is 1. The standard InChI is InChI=1S/C31H21ClN6O2/c1-2-4-29(39)37-24-6-3-5-20(13-24)26-14-22(12-23-17-34-18-36-30(23)26)25-8-7-21(15-27(25)32)31(40)38-28-11-19(16-33)9-10-35-28/h2-15,17-18H,1H3,(H,37,39)(H,35,38,40)/b4-2+. The lowest BCUT2D eigenvalue weighted by atomic mass is 9.95. The number of carbonyl (C=O) groups excluding carboxylic acids is 2. The van der Waals surface area contributed by atoms with E-state index >= 15 is 0 Å². The number of hydrogen-bond donors (Lipinski definition) is 2. The second-order valence-electron chi connectivity index (χ2n) is 8.74. The van der Waals surface area contributed by atoms with Gasteiger partial charge in [-0.3, -0.25) is 9.59 Å². The van der Waals surface area contributed by atoms with E-state index in [0.29, 0.717) is 27.4 Å². The summed E-state index contributed by atoms with van der Waals surface area (Å²) in [4.78, 5) is 37.7. The smallest absolute Gasteiger partial charge is 0.256 e. The fourth-order valence-electron chi connectivity index (χ4n) is 4.23. The number of hydrogen-bond acceptors (Lipinski definition) is 6. The first kappa shape index (κ1) is 26.2. The maximum absolute atomic E-state index is 12.8. The minimum atomic E-state index is -0.402. The van der Waals surface area contributed by atoms with Crippen molar-refractivity contribution in [2.45, 2.75) is 6.92 Å². The molecule has 0 fully saturated rings. The number of nitriles is 1. The summed E-state index contributed by atoms with van der Waals surface area (Å²) in [5.74, 6) is -0.349. The molecule has 5 aromatic rings. The fraction of sp³-hybridized carbons (Fsp3) is 0.0323. The highest BCUT2D eigenvalue weighted by Gasteiger charge is 2.15. The van der Waals surface area contributed by atoms with Gasteiger partial charge in [0.2, 0.25) is 5.91 Å². The molecule has 2 aromatic heterocycles. The minimum Gasteiger partial charge on any atom is -0.323 e. The first-order valence-electron chi connectivity index (χ1n) is 12.2. The molecule has 0 spiro atoms. The summed E-state index contributed by atoms with van der Waals surface area (Å²) in [6, 6.07) is 21.5. The van der Waals surface area contributed by atoms with E-state index in [-0.39, 0.29) is 11.7 Å². The predicted octanol–water partition coefficient (Wildman–Crippen LogP) is 6.65. The lowest BCUT2D eigenvalue weighted by molar-refractivity contribution is -0.111. The third kappa shape index (κ3) is 5.70. The molecule has 0 radical (unpaired) electrons. The van der Waals surface area contributed by atoms with Gasteiger partial charge in [-0.15, -0.1) is 0 Å². The number of halogens is 1. The van der Waals surface area contributed by atoms with Crippen LogP contribution in [-0.2, 0) is 4.79 Å². The largest absolute Gasteiger partial charge is 0.323 e. The van der Waals surface area contributed by atoms with Crippen molar-refractivity contribution in [2.75, 3.05) is 10.6 Å². The molecule has 9 heteroatoms. The van der Waals surface area contributed by atoms with Gasteiger partial charge in [-0.05, 0) is 72.7 Å². The number of benzene rings is 3. The maximum Gasteiger partial charge on any atom is 0.256 e. The fourth-order valence-corrected chi connectivity index (χ4v) is 4.52. The number of aromatic nitrogens is 3. The number of anilines is 2. The van der Waals surface area contributed by atoms with Gasteiger partial charge in [0.1, 0.15) is 12.1 Å². The molecule has 0 saturated carbocycles. The Labute approximate surface area is 235 Å². The van der Waals surface area contributed by atoms with E-state index in [2.05, 4.69) is 25.6 Å². The summed E-state index contributed by atoms with van der Waals surface area (Å²) in [6.45, 7) is 1.78. The first-order valence-corrected chi connectivity index (χ1v) is 12.6. The van der Waals surface area contributed by atoms with E-state index in [0.717, 1.165) is 27.6 Å². The van der Waals surface area contributed by atoms with Crippen LogP contribution in [0.15, 0.2) is 97.6 Å². The van der Waals surface area contributed by atoms with Crippen LogP contribution in [0.4, 0.5) is 11.5 Å². The van der Waals surface area contributed by atoms with Crippen molar-refractivity contribution in [3.8, 4) is 28.3 Å². The van der Waals surface area contributed by atoms with Crippen molar-refractivity contribution in [1.82, 2.24) is 15.0 Å². The zero-order valence-electron chi connectivity index (χ0n) is 21.2. The topological polar surface area (TPSA) is 121 Å². The number of nitrogens with zero attached hydrogens (tertiary/aromatic N) is 4. The number of rotatable bonds is 6. The van der Waals surface area contributed by atoms with Gasteiger partial charge < -0.3 is 10.6 Å². The van der Waals surface area contributed by atoms with Crippen LogP contribution < -0.4 is 10.6 Å². The zero-order valence-corrected chi connectivity index (χ0v) is 22.0. The highest BCUT2D eigenvalue weighted by molar-refractivity contribution is 6.34. The molecule has 0 aliphatic heterocycles. The Bertz CT molecular complexity index is 1840. The molecule has 8 nitrogen and oxygen atoms in total. The third-order valence-electron chi connectivity index (χ3n) is 6.04. The Kier molecular flexibility index (Phi) is 7.58. The molecule has 2 N–H and O–H groups in total. The third-order valence-corrected chi connectivity index (χ3v) is 6.35. The minimum absolute atomic E-state index is 0.218. The Hall–Kier alpha value is -5.39. The van der Waals surface area contributed by atoms with Crippen molar-refractivity contribution in [2.24, 2.45) is 0 Å². The van der Waals surface area contributed by atoms with Crippen molar-refractivity contribution in [1.29, 1.82) is 5.26 Å². The molecule has 0 aliphatic carbocycles. The maximum atomic E-state index is 12.8. The van der Waals surface area contributed by atoms with E-state index in [1.54, 1.807) is 43.5 Å². The monoisotopic (exact) mass is 544 g/mol. The van der Waals surface area contributed by atoms with Crippen LogP contribution in [0.3, 0.4) is 0 Å². The second-order valence-corrected chi connectivity index (χ2v) is 9.15. The van der Waals surface area contributed by atoms with Crippen molar-refractivity contribution < 1.29 is 9.59 Å². The SMILES string of the molecule is C/C=C/C(=O)Nc1cccc(-c2cc(-c3ccc(C(=O)Nc4cc(C#N)ccn4)cc3Cl)cc3cncnc23)c1. The van der Waals surface area contributed by atoms with Crippen LogP contribution in [0.25, 0.3) is 33.2 Å². The van der Waals surface area contributed by atoms with Crippen LogP contribution in [0.5, 0.6) is 0 Å². The average Bonchev–Trinajstić information content (AvgIpc) is 2.97. The van der Waals surface area contributed by atoms with Crippen molar-refractivity contribution in [3.05, 3.63) is 114 Å². The Morgan fingerprint density at radius 1 is 0.950 bits per heavy atom. The molecule has 5 rings (SSSR count). The second kappa shape index (κ2) is 11.6. The Morgan fingerprint density at radius 3 is 2.62 bits per heavy atom. The summed E-state index contributed by atoms with van der Waals surface area (Å²) < 4.78 is 0. The molecule has 0 unspecified atom stereocenters. The molecule has 0 aliphatic rings. The average molecular weight is 545 g/mol. The van der Waals surface area contributed by atoms with Gasteiger partial charge in [0.15, 0.2) is 0 Å². The summed E-state index contributed by atoms with van der Waals surface area (Å²) in [5, 5.41) is 15.8. The van der Waals surface area contributed by atoms with Gasteiger partial charge >= 0.3 is 0 Å². The molecule has 2 amide bonds. The van der Waals surface area contributed by atoms with E-state index in [1.165, 1.54) is 24.7 Å². The summed E-state index contributed by atoms with van der Waals surface area (Å²) in [5.41, 5.74) is 5.33. The molecule has 3 aromatic carbocycles. The molecule has 2 heterocycles. The van der Waals surface area contributed by atoms with Crippen LogP contribution in [0.2, 0.25) is 5.02 Å². The zero-order chi connectivity index (χ0) is 28.1. The lowest BCUT2D eigenvalue weighted by Crippen LogP contribution is -2.13. The van der Waals surface area contributed by atoms with Gasteiger partial charge in [-0.2, -0.15) is 5.26 Å². The predicted molar refractivity (Wildman–Crippen MR) is 156 cm³/mol. The first-order chi connectivity index (χ1) is 19.4. The number of amides is 2.